The van der Waals surface area contributed by atoms with Gasteiger partial charge in [0.15, 0.2) is 0 Å². The van der Waals surface area contributed by atoms with E-state index in [1.165, 1.54) is 0 Å². The second-order valence-electron chi connectivity index (χ2n) is 3.24. The van der Waals surface area contributed by atoms with Gasteiger partial charge in [0.1, 0.15) is 0 Å². The Kier molecular flexibility index (Phi) is 3.28. The average molecular weight is 212 g/mol. The minimum absolute atomic E-state index is 0.525. The number of aromatic nitrogens is 2. The van der Waals surface area contributed by atoms with Crippen molar-refractivity contribution in [2.75, 3.05) is 7.11 Å². The first kappa shape index (κ1) is 10.4. The van der Waals surface area contributed by atoms with E-state index in [0.717, 1.165) is 11.3 Å². The van der Waals surface area contributed by atoms with E-state index >= 15 is 0 Å². The number of benzene rings is 1. The molecule has 0 amide bonds. The summed E-state index contributed by atoms with van der Waals surface area (Å²) in [5.41, 5.74) is 1.95. The van der Waals surface area contributed by atoms with Crippen molar-refractivity contribution in [2.45, 2.75) is 0 Å². The van der Waals surface area contributed by atoms with E-state index in [4.69, 9.17) is 4.74 Å². The van der Waals surface area contributed by atoms with Gasteiger partial charge in [0.25, 0.3) is 0 Å². The van der Waals surface area contributed by atoms with Gasteiger partial charge in [0.2, 0.25) is 5.88 Å². The zero-order valence-corrected chi connectivity index (χ0v) is 9.00. The number of ether oxygens (including phenoxy) is 1. The van der Waals surface area contributed by atoms with Gasteiger partial charge in [-0.2, -0.15) is 0 Å². The van der Waals surface area contributed by atoms with Crippen molar-refractivity contribution >= 4 is 12.2 Å². The van der Waals surface area contributed by atoms with Crippen LogP contribution in [0.25, 0.3) is 12.2 Å². The van der Waals surface area contributed by atoms with E-state index in [9.17, 15) is 0 Å². The van der Waals surface area contributed by atoms with Crippen LogP contribution < -0.4 is 4.74 Å². The average Bonchev–Trinajstić information content (AvgIpc) is 2.38. The predicted molar refractivity (Wildman–Crippen MR) is 64.0 cm³/mol. The molecule has 1 heterocycles. The first-order chi connectivity index (χ1) is 7.88. The van der Waals surface area contributed by atoms with Crippen LogP contribution in [0.3, 0.4) is 0 Å². The van der Waals surface area contributed by atoms with Crippen molar-refractivity contribution in [3.63, 3.8) is 0 Å². The largest absolute Gasteiger partial charge is 0.480 e. The van der Waals surface area contributed by atoms with Gasteiger partial charge in [-0.05, 0) is 17.7 Å². The quantitative estimate of drug-likeness (QED) is 0.784. The van der Waals surface area contributed by atoms with Gasteiger partial charge in [-0.25, -0.2) is 0 Å². The molecule has 0 radical (unpaired) electrons. The molecule has 0 unspecified atom stereocenters. The fourth-order valence-electron chi connectivity index (χ4n) is 1.27. The van der Waals surface area contributed by atoms with Gasteiger partial charge in [-0.3, -0.25) is 0 Å². The molecule has 0 aliphatic heterocycles. The summed E-state index contributed by atoms with van der Waals surface area (Å²) in [7, 11) is 1.57. The van der Waals surface area contributed by atoms with Crippen molar-refractivity contribution in [1.82, 2.24) is 10.2 Å². The highest BCUT2D eigenvalue weighted by Crippen LogP contribution is 2.08. The highest BCUT2D eigenvalue weighted by molar-refractivity contribution is 5.67. The van der Waals surface area contributed by atoms with Crippen molar-refractivity contribution in [3.8, 4) is 5.88 Å². The number of rotatable bonds is 3. The molecule has 3 nitrogen and oxygen atoms in total. The fraction of sp³-hybridized carbons (Fsp3) is 0.0769. The smallest absolute Gasteiger partial charge is 0.233 e. The third-order valence-corrected chi connectivity index (χ3v) is 2.12. The molecule has 16 heavy (non-hydrogen) atoms. The van der Waals surface area contributed by atoms with Gasteiger partial charge >= 0.3 is 0 Å². The summed E-state index contributed by atoms with van der Waals surface area (Å²) in [6.07, 6.45) is 3.91. The molecule has 0 aliphatic rings. The van der Waals surface area contributed by atoms with Gasteiger partial charge < -0.3 is 4.74 Å². The van der Waals surface area contributed by atoms with Crippen LogP contribution in [0, 0.1) is 0 Å². The molecule has 0 saturated carbocycles. The van der Waals surface area contributed by atoms with Crippen molar-refractivity contribution in [2.24, 2.45) is 0 Å². The maximum atomic E-state index is 4.93. The number of hydrogen-bond donors (Lipinski definition) is 0. The minimum Gasteiger partial charge on any atom is -0.480 e. The zero-order valence-electron chi connectivity index (χ0n) is 9.00. The standard InChI is InChI=1S/C13H12N2O/c1-16-13-10-9-12(14-15-13)8-7-11-5-3-2-4-6-11/h2-10H,1H3. The highest BCUT2D eigenvalue weighted by atomic mass is 16.5. The Morgan fingerprint density at radius 2 is 1.75 bits per heavy atom. The SMILES string of the molecule is COc1ccc(C=Cc2ccccc2)nn1. The second-order valence-corrected chi connectivity index (χ2v) is 3.24. The summed E-state index contributed by atoms with van der Waals surface area (Å²) in [5, 5.41) is 7.89. The summed E-state index contributed by atoms with van der Waals surface area (Å²) < 4.78 is 4.93. The van der Waals surface area contributed by atoms with Gasteiger partial charge in [0, 0.05) is 6.07 Å². The van der Waals surface area contributed by atoms with E-state index in [-0.39, 0.29) is 0 Å². The second kappa shape index (κ2) is 5.07. The third-order valence-electron chi connectivity index (χ3n) is 2.12. The molecule has 0 aliphatic carbocycles. The molecule has 0 bridgehead atoms. The van der Waals surface area contributed by atoms with Gasteiger partial charge in [-0.15, -0.1) is 10.2 Å². The first-order valence-electron chi connectivity index (χ1n) is 4.99. The molecule has 1 aromatic carbocycles. The zero-order chi connectivity index (χ0) is 11.2. The normalized spacial score (nSPS) is 10.6. The molecule has 2 rings (SSSR count). The van der Waals surface area contributed by atoms with Crippen LogP contribution in [0.1, 0.15) is 11.3 Å². The maximum absolute atomic E-state index is 4.93. The Hall–Kier alpha value is -2.16. The predicted octanol–water partition coefficient (Wildman–Crippen LogP) is 2.66. The van der Waals surface area contributed by atoms with Crippen LogP contribution in [0.2, 0.25) is 0 Å². The first-order valence-corrected chi connectivity index (χ1v) is 4.99. The van der Waals surface area contributed by atoms with Gasteiger partial charge in [-0.1, -0.05) is 36.4 Å². The van der Waals surface area contributed by atoms with Crippen LogP contribution in [0.4, 0.5) is 0 Å². The molecule has 0 saturated heterocycles. The van der Waals surface area contributed by atoms with Crippen molar-refractivity contribution < 1.29 is 4.74 Å². The number of methoxy groups -OCH3 is 1. The van der Waals surface area contributed by atoms with Crippen molar-refractivity contribution in [1.29, 1.82) is 0 Å². The molecular weight excluding hydrogens is 200 g/mol. The Morgan fingerprint density at radius 1 is 0.938 bits per heavy atom. The molecule has 0 spiro atoms. The third kappa shape index (κ3) is 2.67. The van der Waals surface area contributed by atoms with Crippen LogP contribution >= 0.6 is 0 Å². The maximum Gasteiger partial charge on any atom is 0.233 e. The number of hydrogen-bond acceptors (Lipinski definition) is 3. The van der Waals surface area contributed by atoms with Crippen molar-refractivity contribution in [3.05, 3.63) is 53.7 Å². The molecule has 0 N–H and O–H groups in total. The lowest BCUT2D eigenvalue weighted by Gasteiger charge is -1.96. The lowest BCUT2D eigenvalue weighted by Crippen LogP contribution is -1.90. The Morgan fingerprint density at radius 3 is 2.38 bits per heavy atom. The topological polar surface area (TPSA) is 35.0 Å². The Labute approximate surface area is 94.4 Å². The van der Waals surface area contributed by atoms with E-state index in [1.54, 1.807) is 13.2 Å². The monoisotopic (exact) mass is 212 g/mol. The van der Waals surface area contributed by atoms with E-state index in [1.807, 2.05) is 48.6 Å². The van der Waals surface area contributed by atoms with Crippen LogP contribution in [-0.2, 0) is 0 Å². The summed E-state index contributed by atoms with van der Waals surface area (Å²) in [4.78, 5) is 0. The van der Waals surface area contributed by atoms with Gasteiger partial charge in [0.05, 0.1) is 12.8 Å². The van der Waals surface area contributed by atoms with Crippen LogP contribution in [-0.4, -0.2) is 17.3 Å². The summed E-state index contributed by atoms with van der Waals surface area (Å²) in [5.74, 6) is 0.525. The Balaban J connectivity index is 2.12. The molecule has 1 aromatic heterocycles. The van der Waals surface area contributed by atoms with E-state index in [2.05, 4.69) is 10.2 Å². The summed E-state index contributed by atoms with van der Waals surface area (Å²) in [6.45, 7) is 0. The lowest BCUT2D eigenvalue weighted by atomic mass is 10.2. The molecule has 2 aromatic rings. The van der Waals surface area contributed by atoms with Crippen LogP contribution in [0.15, 0.2) is 42.5 Å². The molecule has 80 valence electrons. The molecular formula is C13H12N2O. The van der Waals surface area contributed by atoms with E-state index < -0.39 is 0 Å². The summed E-state index contributed by atoms with van der Waals surface area (Å²) in [6, 6.07) is 13.7. The lowest BCUT2D eigenvalue weighted by molar-refractivity contribution is 0.392. The highest BCUT2D eigenvalue weighted by Gasteiger charge is 1.93. The Bertz CT molecular complexity index is 463. The minimum atomic E-state index is 0.525. The molecule has 0 atom stereocenters. The summed E-state index contributed by atoms with van der Waals surface area (Å²) >= 11 is 0. The van der Waals surface area contributed by atoms with Crippen LogP contribution in [0.5, 0.6) is 5.88 Å². The van der Waals surface area contributed by atoms with E-state index in [0.29, 0.717) is 5.88 Å². The molecule has 3 heteroatoms. The molecule has 0 fully saturated rings. The fourth-order valence-corrected chi connectivity index (χ4v) is 1.27. The number of nitrogens with zero attached hydrogens (tertiary/aromatic N) is 2.